The van der Waals surface area contributed by atoms with Crippen molar-refractivity contribution in [3.63, 3.8) is 0 Å². The number of nitrogens with two attached hydrogens (primary N) is 1. The van der Waals surface area contributed by atoms with Crippen LogP contribution in [0.5, 0.6) is 0 Å². The molecule has 8 heteroatoms. The number of carboxylic acids is 1. The van der Waals surface area contributed by atoms with Gasteiger partial charge in [0.25, 0.3) is 5.91 Å². The van der Waals surface area contributed by atoms with Crippen molar-refractivity contribution in [2.24, 2.45) is 5.73 Å². The minimum atomic E-state index is -0.830. The number of carbonyl (C=O) groups excluding carboxylic acids is 1. The van der Waals surface area contributed by atoms with Gasteiger partial charge in [-0.1, -0.05) is 0 Å². The number of piperidine rings is 1. The number of amidine groups is 1. The number of carbonyl (C=O) groups is 2. The van der Waals surface area contributed by atoms with Crippen LogP contribution in [-0.2, 0) is 14.3 Å². The molecule has 0 unspecified atom stereocenters. The van der Waals surface area contributed by atoms with Gasteiger partial charge < -0.3 is 20.5 Å². The summed E-state index contributed by atoms with van der Waals surface area (Å²) in [6.07, 6.45) is 1.38. The van der Waals surface area contributed by atoms with Crippen LogP contribution in [0.15, 0.2) is 18.2 Å². The van der Waals surface area contributed by atoms with Crippen molar-refractivity contribution in [1.82, 2.24) is 4.90 Å². The molecule has 0 aliphatic carbocycles. The van der Waals surface area contributed by atoms with Crippen molar-refractivity contribution in [2.45, 2.75) is 25.4 Å². The summed E-state index contributed by atoms with van der Waals surface area (Å²) in [5, 5.41) is 16.5. The van der Waals surface area contributed by atoms with Crippen molar-refractivity contribution in [2.75, 3.05) is 37.7 Å². The number of benzene rings is 1. The Hall–Kier alpha value is -2.45. The Bertz CT molecular complexity index is 741. The van der Waals surface area contributed by atoms with E-state index < -0.39 is 11.6 Å². The maximum atomic E-state index is 12.4. The summed E-state index contributed by atoms with van der Waals surface area (Å²) in [6.45, 7) is 3.67. The summed E-state index contributed by atoms with van der Waals surface area (Å²) in [5.74, 6) is -0.930. The van der Waals surface area contributed by atoms with Crippen LogP contribution in [0.25, 0.3) is 0 Å². The summed E-state index contributed by atoms with van der Waals surface area (Å²) < 4.78 is 5.91. The monoisotopic (exact) mass is 360 g/mol. The number of nitrogen functional groups attached to an aromatic ring is 1. The average Bonchev–Trinajstić information content (AvgIpc) is 2.59. The summed E-state index contributed by atoms with van der Waals surface area (Å²) >= 11 is 0. The molecule has 2 heterocycles. The number of nitrogens with zero attached hydrogens (tertiary/aromatic N) is 2. The summed E-state index contributed by atoms with van der Waals surface area (Å²) in [6, 6.07) is 5.38. The molecular weight excluding hydrogens is 336 g/mol. The Kier molecular flexibility index (Phi) is 4.97. The van der Waals surface area contributed by atoms with Crippen LogP contribution in [0.4, 0.5) is 5.69 Å². The first kappa shape index (κ1) is 18.3. The Morgan fingerprint density at radius 3 is 2.65 bits per heavy atom. The van der Waals surface area contributed by atoms with Gasteiger partial charge >= 0.3 is 5.97 Å². The van der Waals surface area contributed by atoms with Crippen LogP contribution in [0.3, 0.4) is 0 Å². The number of aryl methyl sites for hydroxylation is 1. The van der Waals surface area contributed by atoms with E-state index >= 15 is 0 Å². The zero-order chi connectivity index (χ0) is 18.9. The molecule has 2 aliphatic rings. The molecule has 4 N–H and O–H groups in total. The predicted octanol–water partition coefficient (Wildman–Crippen LogP) is 0.561. The number of carboxylic acid groups (broad SMARTS) is 1. The van der Waals surface area contributed by atoms with Crippen molar-refractivity contribution >= 4 is 23.4 Å². The Morgan fingerprint density at radius 2 is 2.08 bits per heavy atom. The molecule has 140 valence electrons. The van der Waals surface area contributed by atoms with Gasteiger partial charge in [-0.05, 0) is 43.5 Å². The summed E-state index contributed by atoms with van der Waals surface area (Å²) in [4.78, 5) is 27.0. The minimum absolute atomic E-state index is 0.00442. The first-order valence-electron chi connectivity index (χ1n) is 8.63. The topological polar surface area (TPSA) is 120 Å². The average molecular weight is 360 g/mol. The smallest absolute Gasteiger partial charge is 0.317 e. The highest BCUT2D eigenvalue weighted by Gasteiger charge is 2.43. The van der Waals surface area contributed by atoms with Gasteiger partial charge in [0.05, 0.1) is 18.7 Å². The highest BCUT2D eigenvalue weighted by molar-refractivity contribution is 5.98. The fourth-order valence-corrected chi connectivity index (χ4v) is 3.67. The Labute approximate surface area is 152 Å². The first-order chi connectivity index (χ1) is 12.3. The number of hydrogen-bond acceptors (Lipinski definition) is 5. The fraction of sp³-hybridized carbons (Fsp3) is 0.500. The molecule has 0 atom stereocenters. The van der Waals surface area contributed by atoms with E-state index in [1.165, 1.54) is 0 Å². The maximum Gasteiger partial charge on any atom is 0.317 e. The van der Waals surface area contributed by atoms with Crippen molar-refractivity contribution in [3.05, 3.63) is 29.3 Å². The third-order valence-electron chi connectivity index (χ3n) is 5.17. The second-order valence-corrected chi connectivity index (χ2v) is 7.04. The van der Waals surface area contributed by atoms with Crippen LogP contribution in [0.2, 0.25) is 0 Å². The van der Waals surface area contributed by atoms with Gasteiger partial charge in [0.2, 0.25) is 0 Å². The third kappa shape index (κ3) is 3.71. The van der Waals surface area contributed by atoms with E-state index in [-0.39, 0.29) is 24.9 Å². The molecule has 1 aromatic carbocycles. The SMILES string of the molecule is Cc1cc(C(=N)N)ccc1N1CC2(CCN(CC(=O)O)CC2)OCC1=O. The van der Waals surface area contributed by atoms with Gasteiger partial charge in [0.15, 0.2) is 0 Å². The fourth-order valence-electron chi connectivity index (χ4n) is 3.67. The number of morpholine rings is 1. The lowest BCUT2D eigenvalue weighted by atomic mass is 9.88. The molecule has 1 amide bonds. The molecule has 2 fully saturated rings. The molecule has 8 nitrogen and oxygen atoms in total. The second kappa shape index (κ2) is 7.05. The zero-order valence-electron chi connectivity index (χ0n) is 14.8. The van der Waals surface area contributed by atoms with E-state index in [1.807, 2.05) is 24.0 Å². The number of likely N-dealkylation sites (tertiary alicyclic amines) is 1. The van der Waals surface area contributed by atoms with E-state index in [0.29, 0.717) is 38.0 Å². The Balaban J connectivity index is 1.76. The van der Waals surface area contributed by atoms with Gasteiger partial charge in [-0.15, -0.1) is 0 Å². The van der Waals surface area contributed by atoms with E-state index in [9.17, 15) is 9.59 Å². The third-order valence-corrected chi connectivity index (χ3v) is 5.17. The standard InChI is InChI=1S/C18H24N4O4/c1-12-8-13(17(19)20)2-3-14(12)22-11-18(26-10-15(22)23)4-6-21(7-5-18)9-16(24)25/h2-3,8H,4-7,9-11H2,1H3,(H3,19,20)(H,24,25). The quantitative estimate of drug-likeness (QED) is 0.533. The molecule has 2 aliphatic heterocycles. The van der Waals surface area contributed by atoms with Crippen LogP contribution in [-0.4, -0.2) is 66.1 Å². The molecule has 26 heavy (non-hydrogen) atoms. The number of nitrogens with one attached hydrogen (secondary N) is 1. The number of amides is 1. The normalized spacial score (nSPS) is 20.3. The van der Waals surface area contributed by atoms with Gasteiger partial charge in [0.1, 0.15) is 12.4 Å². The van der Waals surface area contributed by atoms with E-state index in [4.69, 9.17) is 21.0 Å². The highest BCUT2D eigenvalue weighted by Crippen LogP contribution is 2.34. The molecular formula is C18H24N4O4. The molecule has 0 bridgehead atoms. The molecule has 2 saturated heterocycles. The van der Waals surface area contributed by atoms with Gasteiger partial charge in [-0.25, -0.2) is 0 Å². The number of ether oxygens (including phenoxy) is 1. The second-order valence-electron chi connectivity index (χ2n) is 7.04. The summed E-state index contributed by atoms with van der Waals surface area (Å²) in [7, 11) is 0. The molecule has 0 radical (unpaired) electrons. The van der Waals surface area contributed by atoms with Crippen LogP contribution in [0, 0.1) is 12.3 Å². The molecule has 0 aromatic heterocycles. The first-order valence-corrected chi connectivity index (χ1v) is 8.63. The van der Waals surface area contributed by atoms with Crippen LogP contribution >= 0.6 is 0 Å². The lowest BCUT2D eigenvalue weighted by molar-refractivity contribution is -0.147. The molecule has 1 aromatic rings. The number of aliphatic carboxylic acids is 1. The Morgan fingerprint density at radius 1 is 1.38 bits per heavy atom. The molecule has 1 spiro atoms. The largest absolute Gasteiger partial charge is 0.480 e. The lowest BCUT2D eigenvalue weighted by Gasteiger charge is -2.47. The van der Waals surface area contributed by atoms with E-state index in [0.717, 1.165) is 11.3 Å². The van der Waals surface area contributed by atoms with Crippen LogP contribution < -0.4 is 10.6 Å². The molecule has 0 saturated carbocycles. The zero-order valence-corrected chi connectivity index (χ0v) is 14.8. The van der Waals surface area contributed by atoms with Crippen molar-refractivity contribution in [1.29, 1.82) is 5.41 Å². The lowest BCUT2D eigenvalue weighted by Crippen LogP contribution is -2.59. The highest BCUT2D eigenvalue weighted by atomic mass is 16.5. The van der Waals surface area contributed by atoms with Gasteiger partial charge in [-0.3, -0.25) is 19.9 Å². The molecule has 3 rings (SSSR count). The van der Waals surface area contributed by atoms with Gasteiger partial charge in [-0.2, -0.15) is 0 Å². The number of anilines is 1. The van der Waals surface area contributed by atoms with Crippen molar-refractivity contribution < 1.29 is 19.4 Å². The van der Waals surface area contributed by atoms with Gasteiger partial charge in [0, 0.05) is 24.3 Å². The summed E-state index contributed by atoms with van der Waals surface area (Å²) in [5.41, 5.74) is 7.41. The maximum absolute atomic E-state index is 12.4. The predicted molar refractivity (Wildman–Crippen MR) is 96.5 cm³/mol. The van der Waals surface area contributed by atoms with Crippen molar-refractivity contribution in [3.8, 4) is 0 Å². The van der Waals surface area contributed by atoms with E-state index in [2.05, 4.69) is 0 Å². The van der Waals surface area contributed by atoms with Crippen LogP contribution in [0.1, 0.15) is 24.0 Å². The van der Waals surface area contributed by atoms with E-state index in [1.54, 1.807) is 11.0 Å². The number of rotatable bonds is 4. The number of hydrogen-bond donors (Lipinski definition) is 3. The minimum Gasteiger partial charge on any atom is -0.480 e.